The highest BCUT2D eigenvalue weighted by Gasteiger charge is 2.17. The van der Waals surface area contributed by atoms with E-state index in [2.05, 4.69) is 21.2 Å². The Labute approximate surface area is 137 Å². The van der Waals surface area contributed by atoms with Crippen molar-refractivity contribution in [2.24, 2.45) is 0 Å². The predicted molar refractivity (Wildman–Crippen MR) is 86.9 cm³/mol. The van der Waals surface area contributed by atoms with E-state index in [1.54, 1.807) is 12.1 Å². The van der Waals surface area contributed by atoms with Crippen LogP contribution in [-0.4, -0.2) is 30.5 Å². The normalized spacial score (nSPS) is 17.4. The summed E-state index contributed by atoms with van der Waals surface area (Å²) in [5, 5.41) is 14.0. The molecule has 3 nitrogen and oxygen atoms in total. The Kier molecular flexibility index (Phi) is 6.43. The average molecular weight is 383 g/mol. The van der Waals surface area contributed by atoms with E-state index >= 15 is 0 Å². The summed E-state index contributed by atoms with van der Waals surface area (Å²) in [5.41, 5.74) is 0.636. The van der Waals surface area contributed by atoms with Crippen molar-refractivity contribution in [2.45, 2.75) is 37.9 Å². The molecule has 0 radical (unpaired) electrons. The molecule has 2 N–H and O–H groups in total. The molecule has 2 rings (SSSR count). The van der Waals surface area contributed by atoms with E-state index in [0.717, 1.165) is 17.3 Å². The molecule has 1 atom stereocenters. The molecule has 1 aliphatic rings. The minimum absolute atomic E-state index is 0.310. The largest absolute Gasteiger partial charge is 0.389 e. The second-order valence-corrected chi connectivity index (χ2v) is 6.75. The summed E-state index contributed by atoms with van der Waals surface area (Å²) in [6.07, 6.45) is 4.39. The fourth-order valence-corrected chi connectivity index (χ4v) is 3.63. The lowest BCUT2D eigenvalue weighted by Gasteiger charge is -2.17. The van der Waals surface area contributed by atoms with Gasteiger partial charge in [-0.15, -0.1) is 0 Å². The Morgan fingerprint density at radius 1 is 1.30 bits per heavy atom. The third-order valence-corrected chi connectivity index (χ3v) is 4.40. The highest BCUT2D eigenvalue weighted by molar-refractivity contribution is 9.10. The zero-order valence-electron chi connectivity index (χ0n) is 11.0. The molecule has 0 heterocycles. The highest BCUT2D eigenvalue weighted by atomic mass is 79.9. The monoisotopic (exact) mass is 381 g/mol. The van der Waals surface area contributed by atoms with Crippen molar-refractivity contribution >= 4 is 44.8 Å². The van der Waals surface area contributed by atoms with Gasteiger partial charge in [-0.1, -0.05) is 52.0 Å². The maximum Gasteiger partial charge on any atom is 0.0945 e. The van der Waals surface area contributed by atoms with Crippen molar-refractivity contribution < 1.29 is 9.84 Å². The van der Waals surface area contributed by atoms with Crippen LogP contribution in [0.3, 0.4) is 0 Å². The Morgan fingerprint density at radius 3 is 2.50 bits per heavy atom. The zero-order valence-corrected chi connectivity index (χ0v) is 14.1. The van der Waals surface area contributed by atoms with E-state index in [4.69, 9.17) is 27.9 Å². The molecule has 0 aliphatic heterocycles. The van der Waals surface area contributed by atoms with E-state index in [0.29, 0.717) is 35.0 Å². The summed E-state index contributed by atoms with van der Waals surface area (Å²) in [5.74, 6) is 0. The number of aliphatic hydroxyl groups excluding tert-OH is 1. The Bertz CT molecular complexity index is 430. The number of anilines is 1. The molecular formula is C14H18BrCl2NO2. The fraction of sp³-hybridized carbons (Fsp3) is 0.571. The lowest BCUT2D eigenvalue weighted by molar-refractivity contribution is -0.00117. The number of ether oxygens (including phenoxy) is 1. The van der Waals surface area contributed by atoms with Crippen LogP contribution in [0.5, 0.6) is 0 Å². The molecule has 0 spiro atoms. The summed E-state index contributed by atoms with van der Waals surface area (Å²) < 4.78 is 6.49. The molecule has 1 fully saturated rings. The van der Waals surface area contributed by atoms with Crippen LogP contribution in [0.4, 0.5) is 5.69 Å². The van der Waals surface area contributed by atoms with Crippen LogP contribution >= 0.6 is 39.1 Å². The van der Waals surface area contributed by atoms with Crippen LogP contribution in [0.25, 0.3) is 0 Å². The van der Waals surface area contributed by atoms with Crippen LogP contribution in [0.15, 0.2) is 16.6 Å². The van der Waals surface area contributed by atoms with Crippen LogP contribution in [0.1, 0.15) is 25.7 Å². The fourth-order valence-electron chi connectivity index (χ4n) is 2.29. The predicted octanol–water partition coefficient (Wildman–Crippen LogP) is 4.49. The molecule has 1 saturated carbocycles. The SMILES string of the molecule is OC(CNc1c(Cl)cc(Br)cc1Cl)COC1CCCC1. The Balaban J connectivity index is 1.79. The molecule has 6 heteroatoms. The molecule has 112 valence electrons. The minimum Gasteiger partial charge on any atom is -0.389 e. The first-order valence-electron chi connectivity index (χ1n) is 6.74. The number of benzene rings is 1. The van der Waals surface area contributed by atoms with Crippen molar-refractivity contribution in [3.63, 3.8) is 0 Å². The molecular weight excluding hydrogens is 365 g/mol. The first kappa shape index (κ1) is 16.4. The smallest absolute Gasteiger partial charge is 0.0945 e. The summed E-state index contributed by atoms with van der Waals surface area (Å²) >= 11 is 15.5. The summed E-state index contributed by atoms with van der Waals surface area (Å²) in [6.45, 7) is 0.692. The quantitative estimate of drug-likeness (QED) is 0.761. The van der Waals surface area contributed by atoms with Crippen LogP contribution in [0.2, 0.25) is 10.0 Å². The third-order valence-electron chi connectivity index (χ3n) is 3.35. The van der Waals surface area contributed by atoms with Gasteiger partial charge in [0.2, 0.25) is 0 Å². The molecule has 0 saturated heterocycles. The van der Waals surface area contributed by atoms with E-state index in [-0.39, 0.29) is 0 Å². The lowest BCUT2D eigenvalue weighted by Crippen LogP contribution is -2.27. The average Bonchev–Trinajstić information content (AvgIpc) is 2.88. The molecule has 1 unspecified atom stereocenters. The van der Waals surface area contributed by atoms with Gasteiger partial charge in [-0.3, -0.25) is 0 Å². The first-order chi connectivity index (χ1) is 9.56. The summed E-state index contributed by atoms with van der Waals surface area (Å²) in [7, 11) is 0. The highest BCUT2D eigenvalue weighted by Crippen LogP contribution is 2.33. The molecule has 0 aromatic heterocycles. The van der Waals surface area contributed by atoms with Crippen molar-refractivity contribution in [3.05, 3.63) is 26.7 Å². The van der Waals surface area contributed by atoms with Gasteiger partial charge in [0.25, 0.3) is 0 Å². The van der Waals surface area contributed by atoms with Gasteiger partial charge in [0, 0.05) is 11.0 Å². The maximum absolute atomic E-state index is 9.92. The van der Waals surface area contributed by atoms with Gasteiger partial charge in [0.15, 0.2) is 0 Å². The summed E-state index contributed by atoms with van der Waals surface area (Å²) in [6, 6.07) is 3.52. The van der Waals surface area contributed by atoms with Crippen LogP contribution < -0.4 is 5.32 Å². The van der Waals surface area contributed by atoms with Gasteiger partial charge < -0.3 is 15.2 Å². The lowest BCUT2D eigenvalue weighted by atomic mass is 10.3. The molecule has 1 aliphatic carbocycles. The van der Waals surface area contributed by atoms with Crippen LogP contribution in [-0.2, 0) is 4.74 Å². The van der Waals surface area contributed by atoms with E-state index in [1.807, 2.05) is 0 Å². The van der Waals surface area contributed by atoms with E-state index in [1.165, 1.54) is 12.8 Å². The molecule has 1 aromatic carbocycles. The third kappa shape index (κ3) is 4.78. The standard InChI is InChI=1S/C14H18BrCl2NO2/c15-9-5-12(16)14(13(17)6-9)18-7-10(19)8-20-11-3-1-2-4-11/h5-6,10-11,18-19H,1-4,7-8H2. The van der Waals surface area contributed by atoms with Gasteiger partial charge in [-0.25, -0.2) is 0 Å². The molecule has 20 heavy (non-hydrogen) atoms. The van der Waals surface area contributed by atoms with Crippen molar-refractivity contribution in [1.29, 1.82) is 0 Å². The van der Waals surface area contributed by atoms with Crippen molar-refractivity contribution in [2.75, 3.05) is 18.5 Å². The van der Waals surface area contributed by atoms with Gasteiger partial charge in [0.05, 0.1) is 34.5 Å². The first-order valence-corrected chi connectivity index (χ1v) is 8.29. The van der Waals surface area contributed by atoms with E-state index in [9.17, 15) is 5.11 Å². The zero-order chi connectivity index (χ0) is 14.5. The van der Waals surface area contributed by atoms with Gasteiger partial charge in [-0.05, 0) is 25.0 Å². The maximum atomic E-state index is 9.92. The molecule has 1 aromatic rings. The number of halogens is 3. The molecule has 0 amide bonds. The van der Waals surface area contributed by atoms with Crippen molar-refractivity contribution in [3.8, 4) is 0 Å². The van der Waals surface area contributed by atoms with Crippen LogP contribution in [0, 0.1) is 0 Å². The molecule has 0 bridgehead atoms. The summed E-state index contributed by atoms with van der Waals surface area (Å²) in [4.78, 5) is 0. The number of aliphatic hydroxyl groups is 1. The number of rotatable bonds is 6. The second kappa shape index (κ2) is 7.85. The van der Waals surface area contributed by atoms with E-state index < -0.39 is 6.10 Å². The number of hydrogen-bond acceptors (Lipinski definition) is 3. The second-order valence-electron chi connectivity index (χ2n) is 5.02. The topological polar surface area (TPSA) is 41.5 Å². The Morgan fingerprint density at radius 2 is 1.90 bits per heavy atom. The minimum atomic E-state index is -0.577. The van der Waals surface area contributed by atoms with Gasteiger partial charge in [0.1, 0.15) is 0 Å². The van der Waals surface area contributed by atoms with Crippen molar-refractivity contribution in [1.82, 2.24) is 0 Å². The number of nitrogens with one attached hydrogen (secondary N) is 1. The van der Waals surface area contributed by atoms with Gasteiger partial charge >= 0.3 is 0 Å². The number of hydrogen-bond donors (Lipinski definition) is 2. The van der Waals surface area contributed by atoms with Gasteiger partial charge in [-0.2, -0.15) is 0 Å². The Hall–Kier alpha value is -0.0000000000000000763.